The fraction of sp³-hybridized carbons (Fsp3) is 0.118. The lowest BCUT2D eigenvalue weighted by Gasteiger charge is -2.36. The van der Waals surface area contributed by atoms with E-state index in [-0.39, 0.29) is 11.6 Å². The molecule has 4 aromatic carbocycles. The molecule has 0 amide bonds. The molecule has 0 saturated carbocycles. The number of nitriles is 1. The van der Waals surface area contributed by atoms with Crippen LogP contribution in [0.5, 0.6) is 23.0 Å². The average Bonchev–Trinajstić information content (AvgIpc) is 3.02. The number of ether oxygens (including phenoxy) is 2. The Bertz CT molecular complexity index is 1550. The van der Waals surface area contributed by atoms with Gasteiger partial charge in [-0.25, -0.2) is 8.78 Å². The monoisotopic (exact) mass is 596 g/mol. The third-order valence-corrected chi connectivity index (χ3v) is 9.61. The maximum atomic E-state index is 13.3. The van der Waals surface area contributed by atoms with Crippen LogP contribution in [-0.2, 0) is 11.5 Å². The van der Waals surface area contributed by atoms with Crippen LogP contribution in [0.25, 0.3) is 0 Å². The van der Waals surface area contributed by atoms with Crippen molar-refractivity contribution in [3.05, 3.63) is 144 Å². The van der Waals surface area contributed by atoms with Crippen molar-refractivity contribution in [1.29, 1.82) is 5.26 Å². The number of dihydropyridines is 1. The Morgan fingerprint density at radius 3 is 1.76 bits per heavy atom. The lowest BCUT2D eigenvalue weighted by molar-refractivity contribution is 0.480. The quantitative estimate of drug-likeness (QED) is 0.128. The number of benzene rings is 4. The van der Waals surface area contributed by atoms with Crippen LogP contribution in [0.1, 0.15) is 11.1 Å². The van der Waals surface area contributed by atoms with Crippen molar-refractivity contribution in [3.8, 4) is 29.1 Å². The van der Waals surface area contributed by atoms with Gasteiger partial charge in [0.15, 0.2) is 0 Å². The molecule has 1 unspecified atom stereocenters. The molecule has 210 valence electrons. The molecule has 4 aromatic rings. The molecule has 42 heavy (non-hydrogen) atoms. The summed E-state index contributed by atoms with van der Waals surface area (Å²) in [7, 11) is 0. The molecule has 1 aliphatic heterocycles. The van der Waals surface area contributed by atoms with Crippen molar-refractivity contribution in [2.45, 2.75) is 21.6 Å². The molecule has 0 aliphatic carbocycles. The maximum absolute atomic E-state index is 13.3. The van der Waals surface area contributed by atoms with E-state index < -0.39 is 10.1 Å². The van der Waals surface area contributed by atoms with Gasteiger partial charge in [-0.1, -0.05) is 36.9 Å². The van der Waals surface area contributed by atoms with Crippen LogP contribution in [0.4, 0.5) is 8.78 Å². The average molecular weight is 597 g/mol. The molecule has 4 nitrogen and oxygen atoms in total. The van der Waals surface area contributed by atoms with Crippen molar-refractivity contribution in [3.63, 3.8) is 0 Å². The summed E-state index contributed by atoms with van der Waals surface area (Å²) in [5.74, 6) is 3.00. The number of thioether (sulfide) groups is 2. The van der Waals surface area contributed by atoms with Crippen LogP contribution >= 0.6 is 23.5 Å². The van der Waals surface area contributed by atoms with E-state index >= 15 is 0 Å². The highest BCUT2D eigenvalue weighted by Gasteiger charge is 2.40. The summed E-state index contributed by atoms with van der Waals surface area (Å²) in [4.78, 5) is 4.65. The zero-order valence-electron chi connectivity index (χ0n) is 22.5. The second kappa shape index (κ2) is 13.6. The van der Waals surface area contributed by atoms with Gasteiger partial charge in [0.2, 0.25) is 0 Å². The molecular formula is C34H26F2N2O2S2. The van der Waals surface area contributed by atoms with Crippen molar-refractivity contribution in [2.75, 3.05) is 0 Å². The Balaban J connectivity index is 1.33. The van der Waals surface area contributed by atoms with Crippen molar-refractivity contribution < 1.29 is 18.3 Å². The number of rotatable bonds is 11. The molecule has 0 spiro atoms. The number of aliphatic imine (C=N–C) groups is 1. The summed E-state index contributed by atoms with van der Waals surface area (Å²) in [5, 5.41) is 9.73. The first-order valence-corrected chi connectivity index (χ1v) is 15.0. The molecule has 1 aliphatic rings. The van der Waals surface area contributed by atoms with Gasteiger partial charge in [-0.3, -0.25) is 4.99 Å². The SMILES string of the molecule is C=C(C#N)C1N=CC=CC1(SCc1cccc(Oc2ccc(F)cc2)c1)SCc1cccc(Oc2ccc(F)cc2)c1. The molecule has 0 bridgehead atoms. The van der Waals surface area contributed by atoms with Crippen LogP contribution in [-0.4, -0.2) is 16.3 Å². The van der Waals surface area contributed by atoms with Gasteiger partial charge in [-0.15, -0.1) is 23.5 Å². The van der Waals surface area contributed by atoms with E-state index in [9.17, 15) is 14.0 Å². The van der Waals surface area contributed by atoms with Gasteiger partial charge < -0.3 is 9.47 Å². The Kier molecular flexibility index (Phi) is 9.42. The number of halogens is 2. The molecule has 0 aromatic heterocycles. The topological polar surface area (TPSA) is 54.6 Å². The number of hydrogen-bond donors (Lipinski definition) is 0. The molecule has 0 radical (unpaired) electrons. The largest absolute Gasteiger partial charge is 0.457 e. The molecule has 0 fully saturated rings. The molecule has 8 heteroatoms. The maximum Gasteiger partial charge on any atom is 0.127 e. The van der Waals surface area contributed by atoms with Gasteiger partial charge in [0.25, 0.3) is 0 Å². The summed E-state index contributed by atoms with van der Waals surface area (Å²) in [5.41, 5.74) is 2.44. The Hall–Kier alpha value is -4.32. The molecule has 5 rings (SSSR count). The van der Waals surface area contributed by atoms with E-state index in [0.29, 0.717) is 40.1 Å². The summed E-state index contributed by atoms with van der Waals surface area (Å²) < 4.78 is 37.8. The fourth-order valence-electron chi connectivity index (χ4n) is 4.26. The molecule has 0 saturated heterocycles. The Morgan fingerprint density at radius 2 is 1.29 bits per heavy atom. The fourth-order valence-corrected chi connectivity index (χ4v) is 7.17. The normalized spacial score (nSPS) is 15.1. The van der Waals surface area contributed by atoms with Crippen LogP contribution in [0, 0.1) is 23.0 Å². The first-order chi connectivity index (χ1) is 20.4. The minimum absolute atomic E-state index is 0.320. The van der Waals surface area contributed by atoms with Crippen LogP contribution in [0.15, 0.2) is 126 Å². The van der Waals surface area contributed by atoms with Gasteiger partial charge in [-0.05, 0) is 90.0 Å². The summed E-state index contributed by atoms with van der Waals surface area (Å²) >= 11 is 3.35. The minimum Gasteiger partial charge on any atom is -0.457 e. The minimum atomic E-state index is -0.594. The van der Waals surface area contributed by atoms with Gasteiger partial charge >= 0.3 is 0 Å². The van der Waals surface area contributed by atoms with E-state index in [0.717, 1.165) is 11.1 Å². The summed E-state index contributed by atoms with van der Waals surface area (Å²) in [6.45, 7) is 4.01. The lowest BCUT2D eigenvalue weighted by atomic mass is 10.0. The second-order valence-electron chi connectivity index (χ2n) is 9.40. The van der Waals surface area contributed by atoms with Crippen LogP contribution < -0.4 is 9.47 Å². The zero-order chi connectivity index (χ0) is 29.4. The van der Waals surface area contributed by atoms with E-state index in [2.05, 4.69) is 23.7 Å². The first kappa shape index (κ1) is 29.2. The highest BCUT2D eigenvalue weighted by molar-refractivity contribution is 8.17. The number of allylic oxidation sites excluding steroid dienone is 1. The van der Waals surface area contributed by atoms with E-state index in [4.69, 9.17) is 9.47 Å². The predicted octanol–water partition coefficient (Wildman–Crippen LogP) is 9.50. The third kappa shape index (κ3) is 7.49. The number of hydrogen-bond acceptors (Lipinski definition) is 6. The molecule has 1 heterocycles. The Labute approximate surface area is 252 Å². The van der Waals surface area contributed by atoms with Crippen LogP contribution in [0.2, 0.25) is 0 Å². The summed E-state index contributed by atoms with van der Waals surface area (Å²) in [6.07, 6.45) is 5.70. The molecule has 0 N–H and O–H groups in total. The predicted molar refractivity (Wildman–Crippen MR) is 167 cm³/mol. The van der Waals surface area contributed by atoms with Gasteiger partial charge in [0, 0.05) is 23.3 Å². The first-order valence-electron chi connectivity index (χ1n) is 13.0. The number of nitrogens with zero attached hydrogens (tertiary/aromatic N) is 2. The van der Waals surface area contributed by atoms with Crippen LogP contribution in [0.3, 0.4) is 0 Å². The van der Waals surface area contributed by atoms with E-state index in [1.165, 1.54) is 24.3 Å². The van der Waals surface area contributed by atoms with Crippen molar-refractivity contribution >= 4 is 29.7 Å². The highest BCUT2D eigenvalue weighted by atomic mass is 32.2. The van der Waals surface area contributed by atoms with Gasteiger partial charge in [-0.2, -0.15) is 5.26 Å². The van der Waals surface area contributed by atoms with Crippen molar-refractivity contribution in [1.82, 2.24) is 0 Å². The second-order valence-corrected chi connectivity index (χ2v) is 12.2. The third-order valence-electron chi connectivity index (χ3n) is 6.33. The van der Waals surface area contributed by atoms with Gasteiger partial charge in [0.1, 0.15) is 44.8 Å². The highest BCUT2D eigenvalue weighted by Crippen LogP contribution is 2.49. The summed E-state index contributed by atoms with van der Waals surface area (Å²) in [6, 6.07) is 29.0. The van der Waals surface area contributed by atoms with E-state index in [1.54, 1.807) is 54.0 Å². The Morgan fingerprint density at radius 1 is 0.786 bits per heavy atom. The van der Waals surface area contributed by atoms with E-state index in [1.807, 2.05) is 54.6 Å². The smallest absolute Gasteiger partial charge is 0.127 e. The molecular weight excluding hydrogens is 571 g/mol. The van der Waals surface area contributed by atoms with Gasteiger partial charge in [0.05, 0.1) is 6.07 Å². The zero-order valence-corrected chi connectivity index (χ0v) is 24.1. The molecule has 1 atom stereocenters. The van der Waals surface area contributed by atoms with Crippen molar-refractivity contribution in [2.24, 2.45) is 4.99 Å². The lowest BCUT2D eigenvalue weighted by Crippen LogP contribution is -2.36. The standard InChI is InChI=1S/C34H26F2N2O2S2/c1-24(21-37)33-34(17-4-18-38-33,41-22-25-5-2-7-31(19-25)39-29-13-9-27(35)10-14-29)42-23-26-6-3-8-32(20-26)40-30-15-11-28(36)12-16-30/h2-20,33H,1,22-23H2.